The van der Waals surface area contributed by atoms with Gasteiger partial charge >= 0.3 is 6.09 Å². The minimum Gasteiger partial charge on any atom is -0.444 e. The first-order chi connectivity index (χ1) is 7.19. The Morgan fingerprint density at radius 2 is 1.94 bits per heavy atom. The Balaban J connectivity index is 4.43. The summed E-state index contributed by atoms with van der Waals surface area (Å²) >= 11 is 0. The van der Waals surface area contributed by atoms with Crippen molar-refractivity contribution in [3.63, 3.8) is 0 Å². The van der Waals surface area contributed by atoms with Gasteiger partial charge in [0.2, 0.25) is 0 Å². The smallest absolute Gasteiger partial charge is 0.412 e. The number of rotatable bonds is 3. The molecule has 0 aromatic rings. The molecule has 2 atom stereocenters. The normalized spacial score (nSPS) is 15.9. The maximum absolute atomic E-state index is 11.6. The molecule has 0 fully saturated rings. The summed E-state index contributed by atoms with van der Waals surface area (Å²) in [4.78, 5) is 12.8. The second kappa shape index (κ2) is 5.89. The fourth-order valence-electron chi connectivity index (χ4n) is 1.20. The number of hydrogen-bond donors (Lipinski definition) is 1. The Bertz CT molecular complexity index is 255. The van der Waals surface area contributed by atoms with Crippen LogP contribution in [0, 0.1) is 5.92 Å². The Labute approximate surface area is 97.9 Å². The van der Waals surface area contributed by atoms with Gasteiger partial charge in [-0.15, -0.1) is 0 Å². The van der Waals surface area contributed by atoms with E-state index in [1.54, 1.807) is 20.8 Å². The highest BCUT2D eigenvalue weighted by atomic mass is 16.6. The van der Waals surface area contributed by atoms with Crippen LogP contribution in [-0.4, -0.2) is 35.0 Å². The molecule has 0 saturated heterocycles. The molecule has 0 spiro atoms. The Kier molecular flexibility index (Phi) is 5.51. The Morgan fingerprint density at radius 1 is 1.44 bits per heavy atom. The lowest BCUT2D eigenvalue weighted by Gasteiger charge is -2.29. The molecule has 0 aromatic carbocycles. The van der Waals surface area contributed by atoms with E-state index in [-0.39, 0.29) is 5.92 Å². The standard InChI is InChI=1S/C12H23NO3/c1-7-8-9(2)10(14)13(6)11(15)16-12(3,4)5/h7-10,14H,1-6H3/b8-7-/t9-,10?/m0/s1. The molecule has 0 aliphatic heterocycles. The number of aliphatic hydroxyl groups excluding tert-OH is 1. The van der Waals surface area contributed by atoms with Gasteiger partial charge in [0, 0.05) is 13.0 Å². The molecule has 0 radical (unpaired) electrons. The second-order valence-corrected chi connectivity index (χ2v) is 4.89. The fourth-order valence-corrected chi connectivity index (χ4v) is 1.20. The monoisotopic (exact) mass is 229 g/mol. The van der Waals surface area contributed by atoms with Crippen molar-refractivity contribution in [3.05, 3.63) is 12.2 Å². The topological polar surface area (TPSA) is 49.8 Å². The summed E-state index contributed by atoms with van der Waals surface area (Å²) in [5.41, 5.74) is -0.547. The summed E-state index contributed by atoms with van der Waals surface area (Å²) in [7, 11) is 1.53. The molecule has 0 aliphatic carbocycles. The molecule has 0 heterocycles. The SMILES string of the molecule is C/C=C\[C@H](C)C(O)N(C)C(=O)OC(C)(C)C. The molecule has 1 unspecified atom stereocenters. The van der Waals surface area contributed by atoms with E-state index in [2.05, 4.69) is 0 Å². The largest absolute Gasteiger partial charge is 0.444 e. The van der Waals surface area contributed by atoms with Gasteiger partial charge in [0.05, 0.1) is 0 Å². The lowest BCUT2D eigenvalue weighted by Crippen LogP contribution is -2.43. The quantitative estimate of drug-likeness (QED) is 0.597. The molecular weight excluding hydrogens is 206 g/mol. The number of amides is 1. The van der Waals surface area contributed by atoms with Crippen molar-refractivity contribution in [1.82, 2.24) is 4.90 Å². The highest BCUT2D eigenvalue weighted by Crippen LogP contribution is 2.14. The predicted molar refractivity (Wildman–Crippen MR) is 64.0 cm³/mol. The number of allylic oxidation sites excluding steroid dienone is 1. The average Bonchev–Trinajstić information content (AvgIpc) is 2.13. The van der Waals surface area contributed by atoms with Gasteiger partial charge in [0.1, 0.15) is 11.8 Å². The van der Waals surface area contributed by atoms with Gasteiger partial charge in [-0.05, 0) is 27.7 Å². The zero-order valence-electron chi connectivity index (χ0n) is 11.0. The molecular formula is C12H23NO3. The van der Waals surface area contributed by atoms with E-state index in [4.69, 9.17) is 4.74 Å². The molecule has 0 aromatic heterocycles. The van der Waals surface area contributed by atoms with Crippen LogP contribution >= 0.6 is 0 Å². The summed E-state index contributed by atoms with van der Waals surface area (Å²) in [6.45, 7) is 9.09. The molecule has 0 aliphatic rings. The summed E-state index contributed by atoms with van der Waals surface area (Å²) in [6, 6.07) is 0. The zero-order chi connectivity index (χ0) is 12.9. The number of carbonyl (C=O) groups excluding carboxylic acids is 1. The lowest BCUT2D eigenvalue weighted by atomic mass is 10.1. The van der Waals surface area contributed by atoms with Crippen LogP contribution in [0.3, 0.4) is 0 Å². The summed E-state index contributed by atoms with van der Waals surface area (Å²) in [5.74, 6) is -0.123. The highest BCUT2D eigenvalue weighted by Gasteiger charge is 2.26. The van der Waals surface area contributed by atoms with Crippen molar-refractivity contribution in [1.29, 1.82) is 0 Å². The molecule has 1 N–H and O–H groups in total. The van der Waals surface area contributed by atoms with Crippen molar-refractivity contribution >= 4 is 6.09 Å². The van der Waals surface area contributed by atoms with Gasteiger partial charge in [-0.3, -0.25) is 4.90 Å². The van der Waals surface area contributed by atoms with E-state index in [0.29, 0.717) is 0 Å². The first-order valence-electron chi connectivity index (χ1n) is 5.45. The number of ether oxygens (including phenoxy) is 1. The van der Waals surface area contributed by atoms with Crippen LogP contribution in [0.5, 0.6) is 0 Å². The van der Waals surface area contributed by atoms with Crippen molar-refractivity contribution < 1.29 is 14.6 Å². The molecule has 4 nitrogen and oxygen atoms in total. The van der Waals surface area contributed by atoms with Crippen LogP contribution in [-0.2, 0) is 4.74 Å². The first kappa shape index (κ1) is 15.0. The molecule has 4 heteroatoms. The average molecular weight is 229 g/mol. The van der Waals surface area contributed by atoms with Gasteiger partial charge < -0.3 is 9.84 Å². The van der Waals surface area contributed by atoms with Crippen molar-refractivity contribution in [2.45, 2.75) is 46.4 Å². The third-order valence-corrected chi connectivity index (χ3v) is 2.04. The Morgan fingerprint density at radius 3 is 2.31 bits per heavy atom. The molecule has 1 amide bonds. The van der Waals surface area contributed by atoms with Gasteiger partial charge in [-0.2, -0.15) is 0 Å². The number of aliphatic hydroxyl groups is 1. The minimum atomic E-state index is -0.869. The lowest BCUT2D eigenvalue weighted by molar-refractivity contribution is -0.0328. The van der Waals surface area contributed by atoms with Crippen molar-refractivity contribution in [2.24, 2.45) is 5.92 Å². The second-order valence-electron chi connectivity index (χ2n) is 4.89. The van der Waals surface area contributed by atoms with E-state index in [9.17, 15) is 9.90 Å². The van der Waals surface area contributed by atoms with E-state index in [0.717, 1.165) is 0 Å². The molecule has 0 saturated carbocycles. The maximum Gasteiger partial charge on any atom is 0.412 e. The summed E-state index contributed by atoms with van der Waals surface area (Å²) in [5, 5.41) is 9.86. The van der Waals surface area contributed by atoms with Crippen LogP contribution in [0.25, 0.3) is 0 Å². The third kappa shape index (κ3) is 5.16. The van der Waals surface area contributed by atoms with Crippen LogP contribution in [0.2, 0.25) is 0 Å². The van der Waals surface area contributed by atoms with E-state index >= 15 is 0 Å². The molecule has 0 rings (SSSR count). The van der Waals surface area contributed by atoms with Crippen LogP contribution in [0.1, 0.15) is 34.6 Å². The third-order valence-electron chi connectivity index (χ3n) is 2.04. The first-order valence-corrected chi connectivity index (χ1v) is 5.45. The minimum absolute atomic E-state index is 0.123. The number of hydrogen-bond acceptors (Lipinski definition) is 3. The van der Waals surface area contributed by atoms with Crippen LogP contribution in [0.4, 0.5) is 4.79 Å². The zero-order valence-corrected chi connectivity index (χ0v) is 11.0. The van der Waals surface area contributed by atoms with E-state index < -0.39 is 17.9 Å². The highest BCUT2D eigenvalue weighted by molar-refractivity contribution is 5.68. The maximum atomic E-state index is 11.6. The van der Waals surface area contributed by atoms with Crippen molar-refractivity contribution in [2.75, 3.05) is 7.05 Å². The fraction of sp³-hybridized carbons (Fsp3) is 0.750. The van der Waals surface area contributed by atoms with Gasteiger partial charge in [0.15, 0.2) is 0 Å². The van der Waals surface area contributed by atoms with Gasteiger partial charge in [-0.1, -0.05) is 19.1 Å². The van der Waals surface area contributed by atoms with Crippen LogP contribution < -0.4 is 0 Å². The summed E-state index contributed by atoms with van der Waals surface area (Å²) < 4.78 is 5.15. The van der Waals surface area contributed by atoms with Crippen LogP contribution in [0.15, 0.2) is 12.2 Å². The predicted octanol–water partition coefficient (Wildman–Crippen LogP) is 2.38. The van der Waals surface area contributed by atoms with Crippen molar-refractivity contribution in [3.8, 4) is 0 Å². The van der Waals surface area contributed by atoms with Gasteiger partial charge in [0.25, 0.3) is 0 Å². The van der Waals surface area contributed by atoms with E-state index in [1.807, 2.05) is 26.0 Å². The van der Waals surface area contributed by atoms with Gasteiger partial charge in [-0.25, -0.2) is 4.79 Å². The molecule has 16 heavy (non-hydrogen) atoms. The molecule has 94 valence electrons. The van der Waals surface area contributed by atoms with E-state index in [1.165, 1.54) is 11.9 Å². The molecule has 0 bridgehead atoms. The Hall–Kier alpha value is -1.03. The number of nitrogens with zero attached hydrogens (tertiary/aromatic N) is 1. The summed E-state index contributed by atoms with van der Waals surface area (Å²) in [6.07, 6.45) is 2.30. The number of carbonyl (C=O) groups is 1.